The van der Waals surface area contributed by atoms with Crippen molar-refractivity contribution in [1.29, 1.82) is 0 Å². The number of carbonyl (C=O) groups excluding carboxylic acids is 1. The van der Waals surface area contributed by atoms with Gasteiger partial charge in [0.05, 0.1) is 17.7 Å². The Kier molecular flexibility index (Phi) is 6.32. The Morgan fingerprint density at radius 3 is 2.41 bits per heavy atom. The average Bonchev–Trinajstić information content (AvgIpc) is 3.15. The fraction of sp³-hybridized carbons (Fsp3) is 0.200. The van der Waals surface area contributed by atoms with Crippen molar-refractivity contribution in [2.75, 3.05) is 13.7 Å². The third-order valence-corrected chi connectivity index (χ3v) is 4.26. The van der Waals surface area contributed by atoms with Gasteiger partial charge in [-0.25, -0.2) is 4.79 Å². The molecule has 9 nitrogen and oxygen atoms in total. The standard InChI is InChI=1S/C20H16F3N3O6/c1-25-18(20(21,22)23)10-13(24-25)12-7-8-14(26(28)29)17(9-12)32-16-6-4-3-5-15(16)31-11-19(27)30-2/h3-10H,11H2,1-2H3. The summed E-state index contributed by atoms with van der Waals surface area (Å²) in [5.41, 5.74) is -1.28. The number of hydrogen-bond acceptors (Lipinski definition) is 7. The largest absolute Gasteiger partial charge is 0.478 e. The molecule has 0 saturated heterocycles. The van der Waals surface area contributed by atoms with Crippen molar-refractivity contribution in [2.45, 2.75) is 6.18 Å². The number of alkyl halides is 3. The third-order valence-electron chi connectivity index (χ3n) is 4.26. The summed E-state index contributed by atoms with van der Waals surface area (Å²) in [6.45, 7) is -0.423. The number of nitrogens with zero attached hydrogens (tertiary/aromatic N) is 3. The number of nitro groups is 1. The number of para-hydroxylation sites is 2. The lowest BCUT2D eigenvalue weighted by atomic mass is 10.1. The van der Waals surface area contributed by atoms with Gasteiger partial charge in [-0.2, -0.15) is 18.3 Å². The molecule has 168 valence electrons. The number of aryl methyl sites for hydroxylation is 1. The summed E-state index contributed by atoms with van der Waals surface area (Å²) in [5, 5.41) is 15.3. The minimum Gasteiger partial charge on any atom is -0.478 e. The SMILES string of the molecule is COC(=O)COc1ccccc1Oc1cc(-c2cc(C(F)(F)F)n(C)n2)ccc1[N+](=O)[O-]. The molecular weight excluding hydrogens is 435 g/mol. The Morgan fingerprint density at radius 1 is 1.12 bits per heavy atom. The molecule has 0 spiro atoms. The van der Waals surface area contributed by atoms with E-state index in [2.05, 4.69) is 9.84 Å². The molecule has 0 saturated carbocycles. The van der Waals surface area contributed by atoms with Crippen molar-refractivity contribution in [2.24, 2.45) is 7.05 Å². The van der Waals surface area contributed by atoms with Crippen molar-refractivity contribution >= 4 is 11.7 Å². The first kappa shape index (κ1) is 22.6. The molecule has 0 unspecified atom stereocenters. The van der Waals surface area contributed by atoms with E-state index >= 15 is 0 Å². The second kappa shape index (κ2) is 8.96. The number of carbonyl (C=O) groups is 1. The zero-order valence-corrected chi connectivity index (χ0v) is 16.8. The summed E-state index contributed by atoms with van der Waals surface area (Å²) in [7, 11) is 2.33. The first-order valence-electron chi connectivity index (χ1n) is 8.96. The monoisotopic (exact) mass is 451 g/mol. The number of nitro benzene ring substituents is 1. The van der Waals surface area contributed by atoms with Gasteiger partial charge in [0.15, 0.2) is 18.1 Å². The zero-order valence-electron chi connectivity index (χ0n) is 16.8. The van der Waals surface area contributed by atoms with E-state index in [1.54, 1.807) is 12.1 Å². The molecule has 32 heavy (non-hydrogen) atoms. The van der Waals surface area contributed by atoms with Crippen LogP contribution in [-0.4, -0.2) is 34.4 Å². The van der Waals surface area contributed by atoms with Crippen LogP contribution in [0.5, 0.6) is 17.2 Å². The highest BCUT2D eigenvalue weighted by atomic mass is 19.4. The van der Waals surface area contributed by atoms with Crippen molar-refractivity contribution in [3.63, 3.8) is 0 Å². The quantitative estimate of drug-likeness (QED) is 0.299. The van der Waals surface area contributed by atoms with Gasteiger partial charge in [0.1, 0.15) is 5.69 Å². The van der Waals surface area contributed by atoms with Crippen LogP contribution in [0.4, 0.5) is 18.9 Å². The summed E-state index contributed by atoms with van der Waals surface area (Å²) in [6, 6.07) is 10.5. The van der Waals surface area contributed by atoms with E-state index in [1.807, 2.05) is 0 Å². The van der Waals surface area contributed by atoms with E-state index in [-0.39, 0.29) is 28.5 Å². The van der Waals surface area contributed by atoms with Gasteiger partial charge in [0.25, 0.3) is 0 Å². The Balaban J connectivity index is 1.99. The number of rotatable bonds is 7. The van der Waals surface area contributed by atoms with Gasteiger partial charge in [-0.1, -0.05) is 12.1 Å². The van der Waals surface area contributed by atoms with Crippen LogP contribution < -0.4 is 9.47 Å². The summed E-state index contributed by atoms with van der Waals surface area (Å²) in [5.74, 6) is -0.743. The number of halogens is 3. The minimum absolute atomic E-state index is 0.0465. The lowest BCUT2D eigenvalue weighted by Gasteiger charge is -2.12. The molecule has 0 bridgehead atoms. The molecule has 1 aromatic heterocycles. The molecule has 0 atom stereocenters. The fourth-order valence-electron chi connectivity index (χ4n) is 2.75. The lowest BCUT2D eigenvalue weighted by Crippen LogP contribution is -2.12. The molecule has 0 N–H and O–H groups in total. The second-order valence-electron chi connectivity index (χ2n) is 6.39. The van der Waals surface area contributed by atoms with Crippen molar-refractivity contribution in [1.82, 2.24) is 9.78 Å². The van der Waals surface area contributed by atoms with E-state index in [9.17, 15) is 28.1 Å². The van der Waals surface area contributed by atoms with Crippen LogP contribution >= 0.6 is 0 Å². The molecule has 3 rings (SSSR count). The van der Waals surface area contributed by atoms with Crippen LogP contribution in [0.25, 0.3) is 11.3 Å². The molecule has 3 aromatic rings. The van der Waals surface area contributed by atoms with Gasteiger partial charge in [-0.15, -0.1) is 0 Å². The number of hydrogen-bond donors (Lipinski definition) is 0. The Morgan fingerprint density at radius 2 is 1.81 bits per heavy atom. The van der Waals surface area contributed by atoms with E-state index in [4.69, 9.17) is 9.47 Å². The predicted octanol–water partition coefficient (Wildman–Crippen LogP) is 4.36. The number of ether oxygens (including phenoxy) is 3. The van der Waals surface area contributed by atoms with Crippen LogP contribution in [0, 0.1) is 10.1 Å². The molecule has 0 aliphatic heterocycles. The Bertz CT molecular complexity index is 1160. The molecule has 1 heterocycles. The molecule has 0 amide bonds. The number of aromatic nitrogens is 2. The maximum absolute atomic E-state index is 13.1. The first-order valence-corrected chi connectivity index (χ1v) is 8.96. The Hall–Kier alpha value is -4.09. The van der Waals surface area contributed by atoms with Crippen LogP contribution in [-0.2, 0) is 22.8 Å². The molecule has 0 fully saturated rings. The van der Waals surface area contributed by atoms with E-state index in [0.29, 0.717) is 4.68 Å². The van der Waals surface area contributed by atoms with Gasteiger partial charge in [0, 0.05) is 18.7 Å². The number of benzene rings is 2. The van der Waals surface area contributed by atoms with Gasteiger partial charge >= 0.3 is 17.8 Å². The number of esters is 1. The topological polar surface area (TPSA) is 106 Å². The predicted molar refractivity (Wildman–Crippen MR) is 104 cm³/mol. The highest BCUT2D eigenvalue weighted by molar-refractivity contribution is 5.71. The maximum atomic E-state index is 13.1. The van der Waals surface area contributed by atoms with Gasteiger partial charge in [-0.3, -0.25) is 14.8 Å². The van der Waals surface area contributed by atoms with Gasteiger partial charge in [0.2, 0.25) is 5.75 Å². The van der Waals surface area contributed by atoms with Crippen molar-refractivity contribution < 1.29 is 37.1 Å². The lowest BCUT2D eigenvalue weighted by molar-refractivity contribution is -0.385. The van der Waals surface area contributed by atoms with Crippen molar-refractivity contribution in [3.05, 3.63) is 64.3 Å². The summed E-state index contributed by atoms with van der Waals surface area (Å²) >= 11 is 0. The van der Waals surface area contributed by atoms with Gasteiger partial charge < -0.3 is 14.2 Å². The van der Waals surface area contributed by atoms with Crippen LogP contribution in [0.15, 0.2) is 48.5 Å². The minimum atomic E-state index is -4.62. The summed E-state index contributed by atoms with van der Waals surface area (Å²) < 4.78 is 55.4. The molecule has 2 aromatic carbocycles. The normalized spacial score (nSPS) is 11.2. The van der Waals surface area contributed by atoms with E-state index < -0.39 is 35.1 Å². The molecular formula is C20H16F3N3O6. The first-order chi connectivity index (χ1) is 15.1. The van der Waals surface area contributed by atoms with E-state index in [1.165, 1.54) is 31.4 Å². The second-order valence-corrected chi connectivity index (χ2v) is 6.39. The van der Waals surface area contributed by atoms with Gasteiger partial charge in [-0.05, 0) is 30.3 Å². The molecule has 0 aliphatic carbocycles. The van der Waals surface area contributed by atoms with E-state index in [0.717, 1.165) is 19.2 Å². The zero-order chi connectivity index (χ0) is 23.5. The van der Waals surface area contributed by atoms with Crippen LogP contribution in [0.2, 0.25) is 0 Å². The van der Waals surface area contributed by atoms with Crippen LogP contribution in [0.1, 0.15) is 5.69 Å². The highest BCUT2D eigenvalue weighted by Gasteiger charge is 2.35. The third kappa shape index (κ3) is 4.96. The molecule has 12 heteroatoms. The average molecular weight is 451 g/mol. The Labute approximate surface area is 179 Å². The summed E-state index contributed by atoms with van der Waals surface area (Å²) in [6.07, 6.45) is -4.62. The van der Waals surface area contributed by atoms with Crippen molar-refractivity contribution in [3.8, 4) is 28.5 Å². The fourth-order valence-corrected chi connectivity index (χ4v) is 2.75. The number of methoxy groups -OCH3 is 1. The summed E-state index contributed by atoms with van der Waals surface area (Å²) in [4.78, 5) is 22.1. The molecule has 0 aliphatic rings. The maximum Gasteiger partial charge on any atom is 0.433 e. The van der Waals surface area contributed by atoms with Crippen LogP contribution in [0.3, 0.4) is 0 Å². The smallest absolute Gasteiger partial charge is 0.433 e. The highest BCUT2D eigenvalue weighted by Crippen LogP contribution is 2.39. The molecule has 0 radical (unpaired) electrons.